The predicted molar refractivity (Wildman–Crippen MR) is 142 cm³/mol. The number of benzene rings is 3. The van der Waals surface area contributed by atoms with Gasteiger partial charge in [0.15, 0.2) is 0 Å². The van der Waals surface area contributed by atoms with E-state index in [9.17, 15) is 15.4 Å². The molecule has 0 atom stereocenters. The van der Waals surface area contributed by atoms with Crippen LogP contribution in [0.2, 0.25) is 0 Å². The van der Waals surface area contributed by atoms with Crippen LogP contribution in [-0.4, -0.2) is 39.5 Å². The van der Waals surface area contributed by atoms with E-state index in [4.69, 9.17) is 13.9 Å². The lowest BCUT2D eigenvalue weighted by Crippen LogP contribution is -2.11. The summed E-state index contributed by atoms with van der Waals surface area (Å²) in [5.41, 5.74) is 3.22. The molecule has 3 aromatic carbocycles. The van der Waals surface area contributed by atoms with Crippen molar-refractivity contribution in [3.8, 4) is 40.0 Å². The molecule has 0 fully saturated rings. The average Bonchev–Trinajstić information content (AvgIpc) is 3.30. The number of methoxy groups -OCH3 is 2. The number of nitrogens with zero attached hydrogens (tertiary/aromatic N) is 4. The van der Waals surface area contributed by atoms with Crippen molar-refractivity contribution in [2.45, 2.75) is 0 Å². The third-order valence-electron chi connectivity index (χ3n) is 5.74. The Morgan fingerprint density at radius 3 is 2.08 bits per heavy atom. The van der Waals surface area contributed by atoms with Gasteiger partial charge in [-0.1, -0.05) is 18.2 Å². The lowest BCUT2D eigenvalue weighted by atomic mass is 9.98. The molecular weight excluding hydrogens is 472 g/mol. The summed E-state index contributed by atoms with van der Waals surface area (Å²) in [6.07, 6.45) is 1.45. The van der Waals surface area contributed by atoms with Crippen LogP contribution in [-0.2, 0) is 0 Å². The molecule has 0 aliphatic carbocycles. The molecule has 0 saturated carbocycles. The molecule has 0 aliphatic heterocycles. The number of nitriles is 1. The summed E-state index contributed by atoms with van der Waals surface area (Å²) in [4.78, 5) is 17.2. The number of nitro benzene ring substituents is 1. The van der Waals surface area contributed by atoms with Crippen LogP contribution in [0.1, 0.15) is 11.1 Å². The van der Waals surface area contributed by atoms with Crippen molar-refractivity contribution >= 4 is 23.5 Å². The lowest BCUT2D eigenvalue weighted by molar-refractivity contribution is -0.384. The summed E-state index contributed by atoms with van der Waals surface area (Å²) >= 11 is 0. The number of nitro groups is 1. The minimum absolute atomic E-state index is 0.0493. The normalized spacial score (nSPS) is 10.8. The number of furan rings is 1. The van der Waals surface area contributed by atoms with Crippen molar-refractivity contribution in [3.05, 3.63) is 88.0 Å². The van der Waals surface area contributed by atoms with Crippen molar-refractivity contribution in [1.29, 1.82) is 5.26 Å². The minimum Gasteiger partial charge on any atom is -0.497 e. The first kappa shape index (κ1) is 25.0. The second-order valence-corrected chi connectivity index (χ2v) is 8.21. The van der Waals surface area contributed by atoms with Gasteiger partial charge in [-0.3, -0.25) is 10.1 Å². The van der Waals surface area contributed by atoms with E-state index in [0.717, 1.165) is 11.1 Å². The van der Waals surface area contributed by atoms with Crippen LogP contribution in [0.15, 0.2) is 76.1 Å². The Labute approximate surface area is 214 Å². The van der Waals surface area contributed by atoms with Gasteiger partial charge in [-0.2, -0.15) is 5.26 Å². The molecule has 9 nitrogen and oxygen atoms in total. The molecule has 9 heteroatoms. The van der Waals surface area contributed by atoms with Gasteiger partial charge in [0.05, 0.1) is 19.1 Å². The Balaban J connectivity index is 1.84. The van der Waals surface area contributed by atoms with Crippen molar-refractivity contribution in [2.24, 2.45) is 4.99 Å². The molecule has 4 rings (SSSR count). The highest BCUT2D eigenvalue weighted by Crippen LogP contribution is 2.43. The molecule has 0 saturated heterocycles. The zero-order valence-corrected chi connectivity index (χ0v) is 20.8. The lowest BCUT2D eigenvalue weighted by Gasteiger charge is -2.12. The Morgan fingerprint density at radius 1 is 0.973 bits per heavy atom. The van der Waals surface area contributed by atoms with E-state index in [2.05, 4.69) is 11.1 Å². The van der Waals surface area contributed by atoms with E-state index in [0.29, 0.717) is 34.1 Å². The number of hydrogen-bond acceptors (Lipinski definition) is 8. The number of ether oxygens (including phenoxy) is 2. The zero-order chi connectivity index (χ0) is 26.5. The molecule has 0 radical (unpaired) electrons. The van der Waals surface area contributed by atoms with Crippen molar-refractivity contribution in [1.82, 2.24) is 0 Å². The Bertz CT molecular complexity index is 1500. The second kappa shape index (κ2) is 10.7. The summed E-state index contributed by atoms with van der Waals surface area (Å²) in [5.74, 6) is 1.92. The summed E-state index contributed by atoms with van der Waals surface area (Å²) in [6, 6.07) is 21.6. The van der Waals surface area contributed by atoms with Gasteiger partial charge in [0, 0.05) is 37.5 Å². The van der Waals surface area contributed by atoms with Crippen molar-refractivity contribution in [3.63, 3.8) is 0 Å². The van der Waals surface area contributed by atoms with Crippen LogP contribution in [0.25, 0.3) is 22.5 Å². The maximum absolute atomic E-state index is 11.6. The van der Waals surface area contributed by atoms with Crippen molar-refractivity contribution < 1.29 is 18.8 Å². The third kappa shape index (κ3) is 5.13. The average molecular weight is 497 g/mol. The molecule has 0 unspecified atom stereocenters. The van der Waals surface area contributed by atoms with Gasteiger partial charge in [0.25, 0.3) is 5.69 Å². The highest BCUT2D eigenvalue weighted by molar-refractivity contribution is 5.90. The summed E-state index contributed by atoms with van der Waals surface area (Å²) in [5, 5.41) is 21.7. The van der Waals surface area contributed by atoms with E-state index < -0.39 is 4.92 Å². The van der Waals surface area contributed by atoms with Crippen LogP contribution < -0.4 is 14.4 Å². The highest BCUT2D eigenvalue weighted by atomic mass is 16.6. The molecule has 186 valence electrons. The van der Waals surface area contributed by atoms with Crippen molar-refractivity contribution in [2.75, 3.05) is 33.2 Å². The molecular formula is C28H24N4O5. The van der Waals surface area contributed by atoms with Gasteiger partial charge in [-0.25, -0.2) is 4.99 Å². The molecule has 1 heterocycles. The van der Waals surface area contributed by atoms with Gasteiger partial charge in [-0.15, -0.1) is 0 Å². The highest BCUT2D eigenvalue weighted by Gasteiger charge is 2.23. The topological polar surface area (TPSA) is 114 Å². The number of hydrogen-bond donors (Lipinski definition) is 0. The number of anilines is 1. The first-order valence-corrected chi connectivity index (χ1v) is 11.2. The first-order chi connectivity index (χ1) is 17.9. The molecule has 37 heavy (non-hydrogen) atoms. The summed E-state index contributed by atoms with van der Waals surface area (Å²) < 4.78 is 16.7. The van der Waals surface area contributed by atoms with E-state index in [1.165, 1.54) is 12.3 Å². The molecule has 0 amide bonds. The fraction of sp³-hybridized carbons (Fsp3) is 0.143. The van der Waals surface area contributed by atoms with E-state index in [-0.39, 0.29) is 17.1 Å². The third-order valence-corrected chi connectivity index (χ3v) is 5.74. The number of aliphatic imine (C=N–C) groups is 1. The molecule has 0 aliphatic rings. The maximum atomic E-state index is 11.6. The number of rotatable bonds is 8. The van der Waals surface area contributed by atoms with Crippen LogP contribution in [0, 0.1) is 21.4 Å². The summed E-state index contributed by atoms with van der Waals surface area (Å²) in [6.45, 7) is 0. The largest absolute Gasteiger partial charge is 0.497 e. The Morgan fingerprint density at radius 2 is 1.57 bits per heavy atom. The Kier molecular flexibility index (Phi) is 7.21. The summed E-state index contributed by atoms with van der Waals surface area (Å²) in [7, 11) is 6.64. The molecule has 0 bridgehead atoms. The minimum atomic E-state index is -0.441. The monoisotopic (exact) mass is 496 g/mol. The zero-order valence-electron chi connectivity index (χ0n) is 20.8. The smallest absolute Gasteiger partial charge is 0.293 e. The SMILES string of the molecule is COc1ccc(-c2oc(N=Cc3ccc(N(C)C)c([N+](=O)[O-])c3)c(C#N)c2-c2ccc(OC)cc2)cc1. The second-order valence-electron chi connectivity index (χ2n) is 8.21. The Hall–Kier alpha value is -5.10. The molecule has 4 aromatic rings. The quantitative estimate of drug-likeness (QED) is 0.161. The first-order valence-electron chi connectivity index (χ1n) is 11.2. The molecule has 1 aromatic heterocycles. The predicted octanol–water partition coefficient (Wildman–Crippen LogP) is 6.23. The van der Waals surface area contributed by atoms with Crippen LogP contribution in [0.5, 0.6) is 11.5 Å². The van der Waals surface area contributed by atoms with E-state index in [1.807, 2.05) is 24.3 Å². The van der Waals surface area contributed by atoms with Crippen LogP contribution in [0.4, 0.5) is 17.3 Å². The molecule has 0 spiro atoms. The fourth-order valence-corrected chi connectivity index (χ4v) is 3.87. The van der Waals surface area contributed by atoms with E-state index in [1.54, 1.807) is 69.6 Å². The molecule has 0 N–H and O–H groups in total. The van der Waals surface area contributed by atoms with Gasteiger partial charge in [0.2, 0.25) is 5.88 Å². The van der Waals surface area contributed by atoms with Gasteiger partial charge >= 0.3 is 0 Å². The fourth-order valence-electron chi connectivity index (χ4n) is 3.87. The van der Waals surface area contributed by atoms with Crippen LogP contribution in [0.3, 0.4) is 0 Å². The van der Waals surface area contributed by atoms with E-state index >= 15 is 0 Å². The van der Waals surface area contributed by atoms with Crippen LogP contribution >= 0.6 is 0 Å². The van der Waals surface area contributed by atoms with Gasteiger partial charge in [-0.05, 0) is 53.6 Å². The standard InChI is InChI=1S/C28H24N4O5/c1-31(2)24-14-5-18(15-25(24)32(33)34)17-30-28-23(16-29)26(19-6-10-21(35-3)11-7-19)27(37-28)20-8-12-22(36-4)13-9-20/h5-15,17H,1-4H3. The van der Waals surface area contributed by atoms with Gasteiger partial charge < -0.3 is 18.8 Å². The maximum Gasteiger partial charge on any atom is 0.293 e. The van der Waals surface area contributed by atoms with Gasteiger partial charge in [0.1, 0.15) is 34.6 Å².